The lowest BCUT2D eigenvalue weighted by Crippen LogP contribution is -2.46. The van der Waals surface area contributed by atoms with Crippen molar-refractivity contribution in [2.45, 2.75) is 110 Å². The standard InChI is InChI=1S/C26H39FN2O6/c1-7-20-22(24(31)32)28-23(16-8-10-17(27)11-9-16)29(20)13-12-18-14-19(34-26(5,6)33-18)15-21(30)35-25(2,3)4/h8-11,18-19,21,24,30-32H,7,12-15H2,1-6H3. The van der Waals surface area contributed by atoms with Crippen molar-refractivity contribution in [2.75, 3.05) is 0 Å². The van der Waals surface area contributed by atoms with Crippen LogP contribution in [0.5, 0.6) is 0 Å². The Kier molecular flexibility index (Phi) is 8.73. The molecule has 0 spiro atoms. The molecule has 9 heteroatoms. The third kappa shape index (κ3) is 7.55. The molecule has 2 aromatic rings. The van der Waals surface area contributed by atoms with Crippen LogP contribution < -0.4 is 0 Å². The van der Waals surface area contributed by atoms with Gasteiger partial charge in [-0.2, -0.15) is 0 Å². The van der Waals surface area contributed by atoms with Gasteiger partial charge in [0, 0.05) is 30.6 Å². The van der Waals surface area contributed by atoms with Crippen LogP contribution in [0.1, 0.15) is 78.5 Å². The molecule has 0 aliphatic carbocycles. The molecule has 0 amide bonds. The van der Waals surface area contributed by atoms with Crippen molar-refractivity contribution < 1.29 is 33.9 Å². The average Bonchev–Trinajstić information content (AvgIpc) is 3.09. The van der Waals surface area contributed by atoms with Gasteiger partial charge in [0.05, 0.1) is 17.8 Å². The van der Waals surface area contributed by atoms with Crippen LogP contribution in [-0.2, 0) is 27.2 Å². The topological polar surface area (TPSA) is 106 Å². The molecule has 3 unspecified atom stereocenters. The molecule has 0 radical (unpaired) electrons. The zero-order chi connectivity index (χ0) is 26.0. The highest BCUT2D eigenvalue weighted by atomic mass is 19.1. The molecular weight excluding hydrogens is 455 g/mol. The first-order chi connectivity index (χ1) is 16.3. The zero-order valence-corrected chi connectivity index (χ0v) is 21.5. The van der Waals surface area contributed by atoms with E-state index in [1.165, 1.54) is 12.1 Å². The smallest absolute Gasteiger partial charge is 0.197 e. The highest BCUT2D eigenvalue weighted by molar-refractivity contribution is 5.57. The second-order valence-electron chi connectivity index (χ2n) is 10.5. The van der Waals surface area contributed by atoms with Crippen LogP contribution in [-0.4, -0.2) is 54.8 Å². The molecule has 1 aliphatic rings. The number of aliphatic hydroxyl groups is 3. The van der Waals surface area contributed by atoms with E-state index in [1.54, 1.807) is 12.1 Å². The summed E-state index contributed by atoms with van der Waals surface area (Å²) >= 11 is 0. The molecule has 2 heterocycles. The quantitative estimate of drug-likeness (QED) is 0.452. The summed E-state index contributed by atoms with van der Waals surface area (Å²) in [4.78, 5) is 4.49. The van der Waals surface area contributed by atoms with E-state index in [0.29, 0.717) is 49.3 Å². The highest BCUT2D eigenvalue weighted by Crippen LogP contribution is 2.33. The SMILES string of the molecule is CCc1c(C(O)O)nc(-c2ccc(F)cc2)n1CCC1CC(CC(O)OC(C)(C)C)OC(C)(C)O1. The number of nitrogens with zero attached hydrogens (tertiary/aromatic N) is 2. The molecule has 196 valence electrons. The van der Waals surface area contributed by atoms with Crippen molar-refractivity contribution in [3.8, 4) is 11.4 Å². The minimum absolute atomic E-state index is 0.165. The Bertz CT molecular complexity index is 967. The number of hydrogen-bond acceptors (Lipinski definition) is 7. The second kappa shape index (κ2) is 11.0. The van der Waals surface area contributed by atoms with Crippen LogP contribution in [0, 0.1) is 5.82 Å². The summed E-state index contributed by atoms with van der Waals surface area (Å²) in [6, 6.07) is 5.97. The number of hydrogen-bond donors (Lipinski definition) is 3. The van der Waals surface area contributed by atoms with Gasteiger partial charge in [0.25, 0.3) is 0 Å². The van der Waals surface area contributed by atoms with Gasteiger partial charge in [-0.25, -0.2) is 9.37 Å². The first-order valence-electron chi connectivity index (χ1n) is 12.2. The maximum Gasteiger partial charge on any atom is 0.197 e. The Labute approximate surface area is 206 Å². The summed E-state index contributed by atoms with van der Waals surface area (Å²) in [5.74, 6) is -0.641. The number of ether oxygens (including phenoxy) is 3. The van der Waals surface area contributed by atoms with Crippen molar-refractivity contribution in [1.29, 1.82) is 0 Å². The molecule has 1 aromatic heterocycles. The summed E-state index contributed by atoms with van der Waals surface area (Å²) in [6.45, 7) is 11.8. The van der Waals surface area contributed by atoms with Gasteiger partial charge in [-0.05, 0) is 71.7 Å². The maximum atomic E-state index is 13.5. The van der Waals surface area contributed by atoms with Gasteiger partial charge in [0.2, 0.25) is 0 Å². The Morgan fingerprint density at radius 3 is 2.34 bits per heavy atom. The summed E-state index contributed by atoms with van der Waals surface area (Å²) in [5, 5.41) is 30.2. The molecular formula is C26H39FN2O6. The lowest BCUT2D eigenvalue weighted by Gasteiger charge is -2.42. The van der Waals surface area contributed by atoms with E-state index in [4.69, 9.17) is 14.2 Å². The van der Waals surface area contributed by atoms with Crippen LogP contribution in [0.4, 0.5) is 4.39 Å². The molecule has 1 aliphatic heterocycles. The largest absolute Gasteiger partial charge is 0.368 e. The third-order valence-electron chi connectivity index (χ3n) is 5.84. The molecule has 3 rings (SSSR count). The van der Waals surface area contributed by atoms with Crippen LogP contribution >= 0.6 is 0 Å². The van der Waals surface area contributed by atoms with Gasteiger partial charge in [0.15, 0.2) is 18.4 Å². The van der Waals surface area contributed by atoms with E-state index in [0.717, 1.165) is 0 Å². The van der Waals surface area contributed by atoms with E-state index in [-0.39, 0.29) is 23.7 Å². The predicted molar refractivity (Wildman–Crippen MR) is 129 cm³/mol. The van der Waals surface area contributed by atoms with Gasteiger partial charge in [-0.3, -0.25) is 0 Å². The predicted octanol–water partition coefficient (Wildman–Crippen LogP) is 4.06. The molecule has 0 bridgehead atoms. The first kappa shape index (κ1) is 27.7. The zero-order valence-electron chi connectivity index (χ0n) is 21.5. The number of imidazole rings is 1. The van der Waals surface area contributed by atoms with Gasteiger partial charge < -0.3 is 34.1 Å². The van der Waals surface area contributed by atoms with E-state index >= 15 is 0 Å². The number of aromatic nitrogens is 2. The maximum absolute atomic E-state index is 13.5. The Morgan fingerprint density at radius 2 is 1.77 bits per heavy atom. The minimum Gasteiger partial charge on any atom is -0.368 e. The Balaban J connectivity index is 1.80. The summed E-state index contributed by atoms with van der Waals surface area (Å²) in [6.07, 6.45) is -1.02. The van der Waals surface area contributed by atoms with Crippen LogP contribution in [0.15, 0.2) is 24.3 Å². The first-order valence-corrected chi connectivity index (χ1v) is 12.2. The lowest BCUT2D eigenvalue weighted by atomic mass is 10.0. The number of aliphatic hydroxyl groups excluding tert-OH is 2. The average molecular weight is 495 g/mol. The van der Waals surface area contributed by atoms with Crippen LogP contribution in [0.3, 0.4) is 0 Å². The monoisotopic (exact) mass is 494 g/mol. The van der Waals surface area contributed by atoms with Gasteiger partial charge in [-0.15, -0.1) is 0 Å². The van der Waals surface area contributed by atoms with Crippen molar-refractivity contribution in [1.82, 2.24) is 9.55 Å². The van der Waals surface area contributed by atoms with Crippen molar-refractivity contribution in [3.05, 3.63) is 41.5 Å². The summed E-state index contributed by atoms with van der Waals surface area (Å²) < 4.78 is 33.3. The van der Waals surface area contributed by atoms with E-state index < -0.39 is 24.0 Å². The van der Waals surface area contributed by atoms with Gasteiger partial charge in [-0.1, -0.05) is 6.92 Å². The fourth-order valence-electron chi connectivity index (χ4n) is 4.64. The highest BCUT2D eigenvalue weighted by Gasteiger charge is 2.37. The number of rotatable bonds is 9. The fourth-order valence-corrected chi connectivity index (χ4v) is 4.64. The Morgan fingerprint density at radius 1 is 1.14 bits per heavy atom. The molecule has 8 nitrogen and oxygen atoms in total. The van der Waals surface area contributed by atoms with Crippen LogP contribution in [0.25, 0.3) is 11.4 Å². The minimum atomic E-state index is -1.71. The van der Waals surface area contributed by atoms with E-state index in [9.17, 15) is 19.7 Å². The number of halogens is 1. The number of benzene rings is 1. The van der Waals surface area contributed by atoms with Crippen molar-refractivity contribution in [3.63, 3.8) is 0 Å². The molecule has 1 fully saturated rings. The normalized spacial score (nSPS) is 21.5. The second-order valence-corrected chi connectivity index (χ2v) is 10.5. The molecule has 3 N–H and O–H groups in total. The summed E-state index contributed by atoms with van der Waals surface area (Å²) in [5.41, 5.74) is 1.11. The van der Waals surface area contributed by atoms with Gasteiger partial charge >= 0.3 is 0 Å². The molecule has 35 heavy (non-hydrogen) atoms. The fraction of sp³-hybridized carbons (Fsp3) is 0.654. The molecule has 1 saturated heterocycles. The third-order valence-corrected chi connectivity index (χ3v) is 5.84. The molecule has 1 aromatic carbocycles. The molecule has 0 saturated carbocycles. The van der Waals surface area contributed by atoms with E-state index in [1.807, 2.05) is 46.1 Å². The van der Waals surface area contributed by atoms with Crippen molar-refractivity contribution in [2.24, 2.45) is 0 Å². The van der Waals surface area contributed by atoms with Crippen LogP contribution in [0.2, 0.25) is 0 Å². The van der Waals surface area contributed by atoms with Gasteiger partial charge in [0.1, 0.15) is 17.3 Å². The molecule has 3 atom stereocenters. The summed E-state index contributed by atoms with van der Waals surface area (Å²) in [7, 11) is 0. The lowest BCUT2D eigenvalue weighted by molar-refractivity contribution is -0.310. The van der Waals surface area contributed by atoms with E-state index in [2.05, 4.69) is 4.98 Å². The Hall–Kier alpha value is -1.88. The van der Waals surface area contributed by atoms with Crippen molar-refractivity contribution >= 4 is 0 Å².